The number of benzene rings is 2. The van der Waals surface area contributed by atoms with Gasteiger partial charge < -0.3 is 55.5 Å². The van der Waals surface area contributed by atoms with E-state index in [9.17, 15) is 60.3 Å². The number of rotatable bonds is 3. The Kier molecular flexibility index (Phi) is 7.15. The molecule has 0 bridgehead atoms. The van der Waals surface area contributed by atoms with E-state index in [1.807, 2.05) is 0 Å². The van der Waals surface area contributed by atoms with Crippen LogP contribution in [0.4, 0.5) is 0 Å². The van der Waals surface area contributed by atoms with Gasteiger partial charge in [-0.3, -0.25) is 9.59 Å². The van der Waals surface area contributed by atoms with E-state index in [0.29, 0.717) is 6.07 Å². The second-order valence-corrected chi connectivity index (χ2v) is 8.22. The maximum atomic E-state index is 13.4. The number of hydrogen-bond donors (Lipinski definition) is 8. The number of carbonyl (C=O) groups excluding carboxylic acids is 3. The van der Waals surface area contributed by atoms with E-state index in [0.717, 1.165) is 6.92 Å². The first-order chi connectivity index (χ1) is 16.3. The summed E-state index contributed by atoms with van der Waals surface area (Å²) >= 11 is 0. The van der Waals surface area contributed by atoms with Crippen molar-refractivity contribution in [2.75, 3.05) is 6.61 Å². The molecule has 1 saturated heterocycles. The molecule has 1 aliphatic carbocycles. The Morgan fingerprint density at radius 2 is 1.50 bits per heavy atom. The predicted molar refractivity (Wildman–Crippen MR) is 108 cm³/mol. The van der Waals surface area contributed by atoms with E-state index in [4.69, 9.17) is 4.74 Å². The largest absolute Gasteiger partial charge is 1.00 e. The van der Waals surface area contributed by atoms with Gasteiger partial charge in [-0.1, -0.05) is 0 Å². The van der Waals surface area contributed by atoms with Crippen LogP contribution in [0.2, 0.25) is 0 Å². The molecule has 0 saturated carbocycles. The molecule has 1 aliphatic heterocycles. The normalized spacial score (nSPS) is 25.1. The Bertz CT molecular complexity index is 1300. The fraction of sp³-hybridized carbons (Fsp3) is 0.318. The van der Waals surface area contributed by atoms with Crippen molar-refractivity contribution in [1.82, 2.24) is 0 Å². The summed E-state index contributed by atoms with van der Waals surface area (Å²) in [6.45, 7) is 0.245. The van der Waals surface area contributed by atoms with Gasteiger partial charge in [-0.2, -0.15) is 0 Å². The Morgan fingerprint density at radius 1 is 0.917 bits per heavy atom. The number of hydrogen-bond acceptors (Lipinski definition) is 13. The number of carboxylic acids is 1. The molecule has 1 heterocycles. The van der Waals surface area contributed by atoms with Gasteiger partial charge >= 0.3 is 18.9 Å². The van der Waals surface area contributed by atoms with Gasteiger partial charge in [0.2, 0.25) is 0 Å². The maximum Gasteiger partial charge on any atom is 1.00 e. The minimum absolute atomic E-state index is 0. The molecular formula is C22H19LiO13. The fourth-order valence-corrected chi connectivity index (χ4v) is 4.57. The molecule has 186 valence electrons. The number of carboxylic acid groups (broad SMARTS) is 1. The van der Waals surface area contributed by atoms with E-state index in [2.05, 4.69) is 0 Å². The number of ketones is 2. The zero-order valence-corrected chi connectivity index (χ0v) is 18.8. The number of carbonyl (C=O) groups is 3. The van der Waals surface area contributed by atoms with Crippen molar-refractivity contribution in [3.05, 3.63) is 45.0 Å². The van der Waals surface area contributed by atoms with E-state index in [-0.39, 0.29) is 24.4 Å². The molecule has 5 unspecified atom stereocenters. The van der Waals surface area contributed by atoms with Crippen molar-refractivity contribution in [1.29, 1.82) is 0 Å². The SMILES string of the molecule is Cc1c(C(=O)[O-])c(O)cc2c1C(=O)c1c(O)c(C3OC(CO)C(O)C(O)C3O)c(O)c(O)c1C2=O.[Li+]. The number of fused-ring (bicyclic) bond motifs is 2. The molecule has 5 atom stereocenters. The van der Waals surface area contributed by atoms with Crippen LogP contribution < -0.4 is 24.0 Å². The van der Waals surface area contributed by atoms with Crippen molar-refractivity contribution in [2.24, 2.45) is 0 Å². The van der Waals surface area contributed by atoms with Crippen LogP contribution in [0.5, 0.6) is 23.0 Å². The van der Waals surface area contributed by atoms with Crippen LogP contribution >= 0.6 is 0 Å². The van der Waals surface area contributed by atoms with Gasteiger partial charge in [-0.15, -0.1) is 0 Å². The first-order valence-electron chi connectivity index (χ1n) is 10.1. The van der Waals surface area contributed by atoms with E-state index in [1.54, 1.807) is 0 Å². The number of phenolic OH excluding ortho intramolecular Hbond substituents is 3. The Hall–Kier alpha value is -3.15. The standard InChI is InChI=1S/C22H20O13.Li/c1-4-8-5(2-6(24)9(4)22(33)34)13(25)10-11(15(8)27)16(28)12(18(30)17(10)29)21-20(32)19(31)14(26)7(3-23)35-21;/h2,7,14,19-21,23-24,26,28-32H,3H2,1H3,(H,33,34);/q;+1/p-1. The van der Waals surface area contributed by atoms with Crippen LogP contribution in [0.1, 0.15) is 59.4 Å². The van der Waals surface area contributed by atoms with Gasteiger partial charge in [0, 0.05) is 16.7 Å². The van der Waals surface area contributed by atoms with E-state index < -0.39 is 111 Å². The Labute approximate surface area is 213 Å². The average Bonchev–Trinajstić information content (AvgIpc) is 2.79. The number of aromatic carboxylic acids is 1. The Balaban J connectivity index is 0.00000361. The molecule has 1 fully saturated rings. The summed E-state index contributed by atoms with van der Waals surface area (Å²) < 4.78 is 5.29. The molecule has 14 heteroatoms. The third-order valence-electron chi connectivity index (χ3n) is 6.32. The van der Waals surface area contributed by atoms with Crippen LogP contribution in [0.15, 0.2) is 6.07 Å². The topological polar surface area (TPSA) is 245 Å². The van der Waals surface area contributed by atoms with Crippen molar-refractivity contribution in [3.63, 3.8) is 0 Å². The third-order valence-corrected chi connectivity index (χ3v) is 6.32. The van der Waals surface area contributed by atoms with Gasteiger partial charge in [0.05, 0.1) is 29.3 Å². The molecule has 36 heavy (non-hydrogen) atoms. The number of ether oxygens (including phenoxy) is 1. The fourth-order valence-electron chi connectivity index (χ4n) is 4.57. The molecule has 0 amide bonds. The molecule has 2 aliphatic rings. The zero-order chi connectivity index (χ0) is 26.1. The van der Waals surface area contributed by atoms with Gasteiger partial charge in [-0.25, -0.2) is 0 Å². The number of aliphatic hydroxyl groups is 4. The molecule has 0 aromatic heterocycles. The first kappa shape index (κ1) is 27.4. The average molecular weight is 498 g/mol. The molecule has 4 rings (SSSR count). The van der Waals surface area contributed by atoms with Crippen LogP contribution in [0, 0.1) is 6.92 Å². The summed E-state index contributed by atoms with van der Waals surface area (Å²) in [4.78, 5) is 37.9. The van der Waals surface area contributed by atoms with Gasteiger partial charge in [0.1, 0.15) is 42.0 Å². The molecular weight excluding hydrogens is 479 g/mol. The summed E-state index contributed by atoms with van der Waals surface area (Å²) in [5.41, 5.74) is -4.78. The zero-order valence-electron chi connectivity index (χ0n) is 18.8. The summed E-state index contributed by atoms with van der Waals surface area (Å²) in [6, 6.07) is 0.676. The predicted octanol–water partition coefficient (Wildman–Crippen LogP) is -5.52. The summed E-state index contributed by atoms with van der Waals surface area (Å²) in [7, 11) is 0. The quantitative estimate of drug-likeness (QED) is 0.0955. The van der Waals surface area contributed by atoms with Crippen LogP contribution in [0.3, 0.4) is 0 Å². The number of aliphatic hydroxyl groups excluding tert-OH is 4. The summed E-state index contributed by atoms with van der Waals surface area (Å²) in [5.74, 6) is -8.64. The molecule has 8 N–H and O–H groups in total. The monoisotopic (exact) mass is 498 g/mol. The molecule has 13 nitrogen and oxygen atoms in total. The van der Waals surface area contributed by atoms with Crippen LogP contribution in [-0.4, -0.2) is 89.4 Å². The van der Waals surface area contributed by atoms with Gasteiger partial charge in [0.25, 0.3) is 0 Å². The minimum Gasteiger partial charge on any atom is -0.545 e. The number of phenols is 4. The minimum atomic E-state index is -2.04. The van der Waals surface area contributed by atoms with Gasteiger partial charge in [0.15, 0.2) is 23.1 Å². The molecule has 0 spiro atoms. The van der Waals surface area contributed by atoms with E-state index in [1.165, 1.54) is 0 Å². The van der Waals surface area contributed by atoms with Gasteiger partial charge in [-0.05, 0) is 18.6 Å². The molecule has 2 aromatic carbocycles. The van der Waals surface area contributed by atoms with Crippen LogP contribution in [0.25, 0.3) is 0 Å². The van der Waals surface area contributed by atoms with E-state index >= 15 is 0 Å². The maximum absolute atomic E-state index is 13.4. The second kappa shape index (κ2) is 9.38. The molecule has 2 aromatic rings. The third kappa shape index (κ3) is 3.64. The second-order valence-electron chi connectivity index (χ2n) is 8.22. The number of aromatic hydroxyl groups is 4. The Morgan fingerprint density at radius 3 is 2.06 bits per heavy atom. The summed E-state index contributed by atoms with van der Waals surface area (Å²) in [5, 5.41) is 93.4. The van der Waals surface area contributed by atoms with Crippen molar-refractivity contribution >= 4 is 17.5 Å². The van der Waals surface area contributed by atoms with Crippen molar-refractivity contribution in [3.8, 4) is 23.0 Å². The molecule has 0 radical (unpaired) electrons. The first-order valence-corrected chi connectivity index (χ1v) is 10.1. The van der Waals surface area contributed by atoms with Crippen molar-refractivity contribution < 1.29 is 83.9 Å². The summed E-state index contributed by atoms with van der Waals surface area (Å²) in [6.07, 6.45) is -9.16. The smallest absolute Gasteiger partial charge is 0.545 e. The van der Waals surface area contributed by atoms with Crippen molar-refractivity contribution in [2.45, 2.75) is 37.4 Å². The van der Waals surface area contributed by atoms with Crippen LogP contribution in [-0.2, 0) is 4.74 Å².